The Kier molecular flexibility index (Phi) is 5.61. The van der Waals surface area contributed by atoms with Crippen LogP contribution in [-0.4, -0.2) is 34.1 Å². The third-order valence-electron chi connectivity index (χ3n) is 4.01. The van der Waals surface area contributed by atoms with Gasteiger partial charge in [0.05, 0.1) is 6.61 Å². The van der Waals surface area contributed by atoms with Crippen LogP contribution in [0.25, 0.3) is 11.4 Å². The zero-order valence-corrected chi connectivity index (χ0v) is 16.1. The summed E-state index contributed by atoms with van der Waals surface area (Å²) >= 11 is 2.95. The van der Waals surface area contributed by atoms with Crippen molar-refractivity contribution in [3.63, 3.8) is 0 Å². The van der Waals surface area contributed by atoms with Gasteiger partial charge in [0.25, 0.3) is 5.19 Å². The van der Waals surface area contributed by atoms with Crippen molar-refractivity contribution in [2.24, 2.45) is 4.99 Å². The highest BCUT2D eigenvalue weighted by Crippen LogP contribution is 2.29. The molecule has 140 valence electrons. The van der Waals surface area contributed by atoms with Gasteiger partial charge >= 0.3 is 0 Å². The fourth-order valence-electron chi connectivity index (χ4n) is 2.60. The number of ether oxygens (including phenoxy) is 1. The largest absolute Gasteiger partial charge is 0.465 e. The number of hydrogen-bond donors (Lipinski definition) is 3. The first-order valence-electron chi connectivity index (χ1n) is 8.59. The van der Waals surface area contributed by atoms with Crippen molar-refractivity contribution < 1.29 is 9.84 Å². The van der Waals surface area contributed by atoms with Gasteiger partial charge in [0.15, 0.2) is 11.1 Å². The van der Waals surface area contributed by atoms with Crippen molar-refractivity contribution in [2.45, 2.75) is 19.6 Å². The Bertz CT molecular complexity index is 937. The van der Waals surface area contributed by atoms with Crippen LogP contribution in [0, 0.1) is 0 Å². The summed E-state index contributed by atoms with van der Waals surface area (Å²) in [5, 5.41) is 21.1. The molecule has 0 unspecified atom stereocenters. The predicted octanol–water partition coefficient (Wildman–Crippen LogP) is 3.10. The first-order chi connectivity index (χ1) is 13.3. The molecule has 0 saturated carbocycles. The van der Waals surface area contributed by atoms with Gasteiger partial charge < -0.3 is 20.5 Å². The molecule has 7 nitrogen and oxygen atoms in total. The van der Waals surface area contributed by atoms with Crippen molar-refractivity contribution in [3.05, 3.63) is 46.2 Å². The Morgan fingerprint density at radius 2 is 1.93 bits per heavy atom. The second kappa shape index (κ2) is 8.47. The third-order valence-corrected chi connectivity index (χ3v) is 5.52. The summed E-state index contributed by atoms with van der Waals surface area (Å²) in [4.78, 5) is 13.5. The third kappa shape index (κ3) is 4.44. The first-order valence-corrected chi connectivity index (χ1v) is 10.3. The van der Waals surface area contributed by atoms with Gasteiger partial charge in [-0.05, 0) is 17.5 Å². The highest BCUT2D eigenvalue weighted by molar-refractivity contribution is 7.14. The number of aliphatic hydroxyl groups excluding tert-OH is 1. The number of aliphatic hydroxyl groups is 1. The molecule has 0 spiro atoms. The Morgan fingerprint density at radius 1 is 1.11 bits per heavy atom. The molecule has 1 aliphatic heterocycles. The molecule has 1 aliphatic rings. The zero-order valence-electron chi connectivity index (χ0n) is 14.5. The molecule has 4 rings (SSSR count). The maximum absolute atomic E-state index is 9.39. The number of thiazole rings is 2. The number of hydrogen-bond acceptors (Lipinski definition) is 9. The molecule has 27 heavy (non-hydrogen) atoms. The summed E-state index contributed by atoms with van der Waals surface area (Å²) in [5.74, 6) is 0.770. The highest BCUT2D eigenvalue weighted by atomic mass is 32.1. The molecule has 0 bridgehead atoms. The van der Waals surface area contributed by atoms with E-state index in [-0.39, 0.29) is 6.61 Å². The number of benzene rings is 1. The van der Waals surface area contributed by atoms with Gasteiger partial charge in [-0.3, -0.25) is 4.99 Å². The summed E-state index contributed by atoms with van der Waals surface area (Å²) in [5.41, 5.74) is 3.41. The van der Waals surface area contributed by atoms with Crippen molar-refractivity contribution in [1.82, 2.24) is 15.3 Å². The Morgan fingerprint density at radius 3 is 2.74 bits per heavy atom. The summed E-state index contributed by atoms with van der Waals surface area (Å²) in [6.07, 6.45) is 1.05. The van der Waals surface area contributed by atoms with Crippen LogP contribution < -0.4 is 15.4 Å². The van der Waals surface area contributed by atoms with E-state index in [1.807, 2.05) is 35.0 Å². The lowest BCUT2D eigenvalue weighted by Crippen LogP contribution is -2.35. The normalized spacial score (nSPS) is 13.7. The molecule has 0 radical (unpaired) electrons. The van der Waals surface area contributed by atoms with E-state index in [4.69, 9.17) is 4.74 Å². The fraction of sp³-hybridized carbons (Fsp3) is 0.278. The molecule has 0 aliphatic carbocycles. The smallest absolute Gasteiger partial charge is 0.274 e. The number of aromatic nitrogens is 2. The summed E-state index contributed by atoms with van der Waals surface area (Å²) in [7, 11) is 0. The maximum atomic E-state index is 9.39. The summed E-state index contributed by atoms with van der Waals surface area (Å²) in [6, 6.07) is 7.67. The van der Waals surface area contributed by atoms with Crippen LogP contribution in [0.2, 0.25) is 0 Å². The van der Waals surface area contributed by atoms with Crippen LogP contribution in [0.15, 0.2) is 40.0 Å². The maximum Gasteiger partial charge on any atom is 0.274 e. The van der Waals surface area contributed by atoms with E-state index in [0.29, 0.717) is 11.8 Å². The Balaban J connectivity index is 1.40. The van der Waals surface area contributed by atoms with Crippen molar-refractivity contribution in [2.75, 3.05) is 18.4 Å². The quantitative estimate of drug-likeness (QED) is 0.588. The topological polar surface area (TPSA) is 91.7 Å². The predicted molar refractivity (Wildman–Crippen MR) is 108 cm³/mol. The molecule has 0 amide bonds. The monoisotopic (exact) mass is 401 g/mol. The lowest BCUT2D eigenvalue weighted by atomic mass is 10.1. The van der Waals surface area contributed by atoms with Crippen molar-refractivity contribution >= 4 is 33.8 Å². The van der Waals surface area contributed by atoms with Crippen LogP contribution in [0.3, 0.4) is 0 Å². The fourth-order valence-corrected chi connectivity index (χ4v) is 3.97. The van der Waals surface area contributed by atoms with Crippen LogP contribution in [0.5, 0.6) is 5.19 Å². The molecule has 9 heteroatoms. The molecule has 2 aromatic heterocycles. The van der Waals surface area contributed by atoms with Gasteiger partial charge in [-0.2, -0.15) is 0 Å². The molecule has 0 saturated heterocycles. The van der Waals surface area contributed by atoms with Crippen LogP contribution in [0.1, 0.15) is 17.5 Å². The average molecular weight is 402 g/mol. The molecular weight excluding hydrogens is 382 g/mol. The Labute approximate surface area is 164 Å². The number of aliphatic imine (C=N–C) groups is 1. The minimum Gasteiger partial charge on any atom is -0.465 e. The minimum absolute atomic E-state index is 0.00258. The van der Waals surface area contributed by atoms with Crippen LogP contribution in [0.4, 0.5) is 5.13 Å². The van der Waals surface area contributed by atoms with Gasteiger partial charge in [-0.15, -0.1) is 11.3 Å². The standard InChI is InChI=1S/C18H19N5O2S2/c24-8-12-4-1-2-5-13(12)9-25-18-22-15(11-27-18)14-10-26-17(21-14)23-16-19-6-3-7-20-16/h1-2,4-5,10-11,24H,3,6-9H2,(H2,19,20,21,23). The molecule has 3 aromatic rings. The van der Waals surface area contributed by atoms with Gasteiger partial charge in [0.1, 0.15) is 18.0 Å². The van der Waals surface area contributed by atoms with E-state index < -0.39 is 0 Å². The van der Waals surface area contributed by atoms with Gasteiger partial charge in [-0.25, -0.2) is 9.97 Å². The first kappa shape index (κ1) is 17.9. The molecule has 1 aromatic carbocycles. The van der Waals surface area contributed by atoms with E-state index >= 15 is 0 Å². The molecular formula is C18H19N5O2S2. The van der Waals surface area contributed by atoms with Crippen LogP contribution >= 0.6 is 22.7 Å². The molecule has 3 N–H and O–H groups in total. The number of anilines is 1. The van der Waals surface area contributed by atoms with E-state index in [1.54, 1.807) is 0 Å². The SMILES string of the molecule is OCc1ccccc1COc1nc(-c2csc(NC3=NCCCN3)n2)cs1. The van der Waals surface area contributed by atoms with E-state index in [1.165, 1.54) is 22.7 Å². The minimum atomic E-state index is -0.00258. The second-order valence-electron chi connectivity index (χ2n) is 5.89. The average Bonchev–Trinajstić information content (AvgIpc) is 3.37. The van der Waals surface area contributed by atoms with Crippen LogP contribution in [-0.2, 0) is 13.2 Å². The Hall–Kier alpha value is -2.49. The van der Waals surface area contributed by atoms with E-state index in [2.05, 4.69) is 25.6 Å². The molecule has 0 atom stereocenters. The van der Waals surface area contributed by atoms with Gasteiger partial charge in [0.2, 0.25) is 0 Å². The van der Waals surface area contributed by atoms with Crippen molar-refractivity contribution in [3.8, 4) is 16.6 Å². The second-order valence-corrected chi connectivity index (χ2v) is 7.57. The van der Waals surface area contributed by atoms with Crippen molar-refractivity contribution in [1.29, 1.82) is 0 Å². The number of rotatable bonds is 6. The number of nitrogens with zero attached hydrogens (tertiary/aromatic N) is 3. The lowest BCUT2D eigenvalue weighted by Gasteiger charge is -2.13. The van der Waals surface area contributed by atoms with E-state index in [9.17, 15) is 5.11 Å². The highest BCUT2D eigenvalue weighted by Gasteiger charge is 2.12. The number of nitrogens with one attached hydrogen (secondary N) is 2. The summed E-state index contributed by atoms with van der Waals surface area (Å²) in [6.45, 7) is 2.13. The number of guanidine groups is 1. The molecule has 0 fully saturated rings. The lowest BCUT2D eigenvalue weighted by molar-refractivity contribution is 0.269. The van der Waals surface area contributed by atoms with Gasteiger partial charge in [0, 0.05) is 23.8 Å². The molecule has 3 heterocycles. The van der Waals surface area contributed by atoms with E-state index in [0.717, 1.165) is 53.1 Å². The zero-order chi connectivity index (χ0) is 18.5. The van der Waals surface area contributed by atoms with Gasteiger partial charge in [-0.1, -0.05) is 35.6 Å². The summed E-state index contributed by atoms with van der Waals surface area (Å²) < 4.78 is 5.79.